The summed E-state index contributed by atoms with van der Waals surface area (Å²) in [5, 5.41) is 0. The van der Waals surface area contributed by atoms with Crippen molar-refractivity contribution in [2.45, 2.75) is 58.3 Å². The van der Waals surface area contributed by atoms with E-state index in [1.807, 2.05) is 73.7 Å². The summed E-state index contributed by atoms with van der Waals surface area (Å²) in [5.74, 6) is -0.687. The van der Waals surface area contributed by atoms with Gasteiger partial charge in [-0.15, -0.1) is 0 Å². The highest BCUT2D eigenvalue weighted by atomic mass is 32.2. The Bertz CT molecular complexity index is 1760. The third-order valence-electron chi connectivity index (χ3n) is 8.32. The molecule has 9 heteroatoms. The van der Waals surface area contributed by atoms with E-state index in [9.17, 15) is 21.4 Å². The second-order valence-corrected chi connectivity index (χ2v) is 15.3. The van der Waals surface area contributed by atoms with Crippen molar-refractivity contribution >= 4 is 31.5 Å². The molecule has 0 aromatic heterocycles. The first kappa shape index (κ1) is 32.7. The van der Waals surface area contributed by atoms with Crippen molar-refractivity contribution in [3.8, 4) is 0 Å². The maximum Gasteiger partial charge on any atom is 0.269 e. The quantitative estimate of drug-likeness (QED) is 0.157. The zero-order chi connectivity index (χ0) is 31.6. The molecule has 1 heterocycles. The fourth-order valence-electron chi connectivity index (χ4n) is 6.18. The third kappa shape index (κ3) is 7.47. The fraction of sp³-hybridized carbons (Fsp3) is 0.353. The smallest absolute Gasteiger partial charge is 0.269 e. The summed E-state index contributed by atoms with van der Waals surface area (Å²) >= 11 is 0. The van der Waals surface area contributed by atoms with Crippen LogP contribution in [0.5, 0.6) is 0 Å². The van der Waals surface area contributed by atoms with E-state index in [2.05, 4.69) is 50.8 Å². The van der Waals surface area contributed by atoms with E-state index in [1.54, 1.807) is 0 Å². The molecular formula is C34H41NO6S2. The van der Waals surface area contributed by atoms with Gasteiger partial charge in [0.2, 0.25) is 0 Å². The number of allylic oxidation sites excluding steroid dienone is 9. The van der Waals surface area contributed by atoms with E-state index in [0.717, 1.165) is 33.7 Å². The van der Waals surface area contributed by atoms with Crippen molar-refractivity contribution in [1.29, 1.82) is 0 Å². The van der Waals surface area contributed by atoms with Crippen LogP contribution < -0.4 is 4.90 Å². The van der Waals surface area contributed by atoms with Crippen molar-refractivity contribution in [3.05, 3.63) is 119 Å². The van der Waals surface area contributed by atoms with Gasteiger partial charge in [-0.25, -0.2) is 0 Å². The van der Waals surface area contributed by atoms with Crippen LogP contribution in [0.15, 0.2) is 102 Å². The second-order valence-electron chi connectivity index (χ2n) is 12.3. The molecule has 230 valence electrons. The molecule has 0 radical (unpaired) electrons. The first-order valence-electron chi connectivity index (χ1n) is 14.4. The standard InChI is InChI=1S/C34H41NO6S2/c1-25(14-12-19-29-27(24-43(39,40)41)26-16-6-7-17-28(26)33(29,2)3)15-13-21-32-34(4,5)30-18-8-9-20-31(30)35(32)22-10-11-23-42(36,37)38/h6-9,12-21H,10-11,22-24H2,1-5H3,(H,36,37,38)(H,39,40,41)/b15-13+,19-12+,25-14-,32-21+. The zero-order valence-electron chi connectivity index (χ0n) is 25.4. The van der Waals surface area contributed by atoms with Gasteiger partial charge in [-0.05, 0) is 59.7 Å². The van der Waals surface area contributed by atoms with Gasteiger partial charge in [0.15, 0.2) is 0 Å². The average Bonchev–Trinajstić information content (AvgIpc) is 3.25. The molecule has 4 rings (SSSR count). The Balaban J connectivity index is 1.57. The Morgan fingerprint density at radius 1 is 0.837 bits per heavy atom. The lowest BCUT2D eigenvalue weighted by atomic mass is 9.81. The molecule has 0 spiro atoms. The minimum atomic E-state index is -4.21. The number of rotatable bonds is 11. The molecule has 0 atom stereocenters. The van der Waals surface area contributed by atoms with Crippen LogP contribution in [0.4, 0.5) is 5.69 Å². The number of benzene rings is 2. The summed E-state index contributed by atoms with van der Waals surface area (Å²) in [6.07, 6.45) is 12.9. The van der Waals surface area contributed by atoms with Gasteiger partial charge >= 0.3 is 0 Å². The van der Waals surface area contributed by atoms with E-state index in [1.165, 1.54) is 5.56 Å². The third-order valence-corrected chi connectivity index (χ3v) is 9.78. The molecule has 0 amide bonds. The van der Waals surface area contributed by atoms with Crippen molar-refractivity contribution in [3.63, 3.8) is 0 Å². The van der Waals surface area contributed by atoms with Crippen LogP contribution in [0.2, 0.25) is 0 Å². The highest BCUT2D eigenvalue weighted by molar-refractivity contribution is 7.86. The van der Waals surface area contributed by atoms with Gasteiger partial charge in [-0.1, -0.05) is 106 Å². The number of hydrogen-bond acceptors (Lipinski definition) is 5. The first-order valence-corrected chi connectivity index (χ1v) is 17.6. The lowest BCUT2D eigenvalue weighted by Gasteiger charge is -2.27. The molecule has 2 aromatic rings. The number of fused-ring (bicyclic) bond motifs is 2. The number of hydrogen-bond donors (Lipinski definition) is 2. The lowest BCUT2D eigenvalue weighted by molar-refractivity contribution is 0.479. The minimum Gasteiger partial charge on any atom is -0.344 e. The van der Waals surface area contributed by atoms with E-state index in [0.29, 0.717) is 25.0 Å². The molecule has 2 aromatic carbocycles. The maximum absolute atomic E-state index is 11.9. The SMILES string of the molecule is CC(=C/C=C/C1=C(CS(=O)(=O)O)c2ccccc2C1(C)C)/C=C/C=C1/N(CCCCS(=O)(=O)O)c2ccccc2C1(C)C. The fourth-order valence-corrected chi connectivity index (χ4v) is 7.43. The molecule has 0 bridgehead atoms. The summed E-state index contributed by atoms with van der Waals surface area (Å²) in [7, 11) is -8.19. The number of unbranched alkanes of at least 4 members (excludes halogenated alkanes) is 1. The van der Waals surface area contributed by atoms with Crippen LogP contribution in [0.3, 0.4) is 0 Å². The normalized spacial score (nSPS) is 19.2. The van der Waals surface area contributed by atoms with Crippen LogP contribution in [0.1, 0.15) is 64.2 Å². The molecule has 7 nitrogen and oxygen atoms in total. The molecule has 1 aliphatic carbocycles. The van der Waals surface area contributed by atoms with Gasteiger partial charge < -0.3 is 4.90 Å². The topological polar surface area (TPSA) is 112 Å². The van der Waals surface area contributed by atoms with Crippen LogP contribution in [0.25, 0.3) is 5.57 Å². The van der Waals surface area contributed by atoms with Crippen LogP contribution in [-0.4, -0.2) is 44.0 Å². The second kappa shape index (κ2) is 12.4. The average molecular weight is 624 g/mol. The highest BCUT2D eigenvalue weighted by Crippen LogP contribution is 2.48. The van der Waals surface area contributed by atoms with Crippen molar-refractivity contribution in [2.24, 2.45) is 0 Å². The monoisotopic (exact) mass is 623 g/mol. The molecule has 1 aliphatic heterocycles. The van der Waals surface area contributed by atoms with Crippen LogP contribution in [-0.2, 0) is 31.1 Å². The van der Waals surface area contributed by atoms with Gasteiger partial charge in [0.1, 0.15) is 5.75 Å². The Morgan fingerprint density at radius 3 is 2.16 bits per heavy atom. The molecule has 0 fully saturated rings. The van der Waals surface area contributed by atoms with E-state index >= 15 is 0 Å². The number of anilines is 1. The molecule has 0 saturated carbocycles. The summed E-state index contributed by atoms with van der Waals surface area (Å²) in [6.45, 7) is 11.1. The summed E-state index contributed by atoms with van der Waals surface area (Å²) in [6, 6.07) is 15.9. The first-order chi connectivity index (χ1) is 20.0. The van der Waals surface area contributed by atoms with Gasteiger partial charge in [0.25, 0.3) is 20.2 Å². The minimum absolute atomic E-state index is 0.250. The maximum atomic E-state index is 11.9. The summed E-state index contributed by atoms with van der Waals surface area (Å²) in [4.78, 5) is 2.23. The molecule has 2 N–H and O–H groups in total. The lowest BCUT2D eigenvalue weighted by Crippen LogP contribution is -2.27. The zero-order valence-corrected chi connectivity index (χ0v) is 27.0. The predicted molar refractivity (Wildman–Crippen MR) is 175 cm³/mol. The molecule has 0 saturated heterocycles. The van der Waals surface area contributed by atoms with Crippen molar-refractivity contribution in [1.82, 2.24) is 0 Å². The van der Waals surface area contributed by atoms with E-state index in [-0.39, 0.29) is 11.2 Å². The Hall–Kier alpha value is -3.24. The van der Waals surface area contributed by atoms with Gasteiger partial charge in [0.05, 0.1) is 5.75 Å². The van der Waals surface area contributed by atoms with E-state index < -0.39 is 31.4 Å². The van der Waals surface area contributed by atoms with Crippen LogP contribution >= 0.6 is 0 Å². The van der Waals surface area contributed by atoms with Gasteiger partial charge in [-0.2, -0.15) is 16.8 Å². The van der Waals surface area contributed by atoms with Gasteiger partial charge in [-0.3, -0.25) is 9.11 Å². The largest absolute Gasteiger partial charge is 0.344 e. The highest BCUT2D eigenvalue weighted by Gasteiger charge is 2.39. The Kier molecular flexibility index (Phi) is 9.42. The van der Waals surface area contributed by atoms with Crippen molar-refractivity contribution < 1.29 is 25.9 Å². The van der Waals surface area contributed by atoms with Crippen molar-refractivity contribution in [2.75, 3.05) is 23.0 Å². The molecule has 0 unspecified atom stereocenters. The Labute approximate surface area is 256 Å². The number of nitrogens with zero attached hydrogens (tertiary/aromatic N) is 1. The predicted octanol–water partition coefficient (Wildman–Crippen LogP) is 7.03. The summed E-state index contributed by atoms with van der Waals surface area (Å²) in [5.41, 5.74) is 7.09. The summed E-state index contributed by atoms with van der Waals surface area (Å²) < 4.78 is 64.8. The van der Waals surface area contributed by atoms with Crippen LogP contribution in [0, 0.1) is 0 Å². The van der Waals surface area contributed by atoms with E-state index in [4.69, 9.17) is 4.55 Å². The molecule has 2 aliphatic rings. The molecule has 43 heavy (non-hydrogen) atoms. The molecular weight excluding hydrogens is 583 g/mol. The Morgan fingerprint density at radius 2 is 1.49 bits per heavy atom. The van der Waals surface area contributed by atoms with Gasteiger partial charge in [0, 0.05) is 28.8 Å². The number of para-hydroxylation sites is 1.